The van der Waals surface area contributed by atoms with Gasteiger partial charge in [-0.05, 0) is 6.92 Å². The first-order valence-electron chi connectivity index (χ1n) is 15.1. The first kappa shape index (κ1) is 38.0. The SMILES string of the molecule is CO[C@H]1C(CO)OC(O[C@H]2C(CO)OC(O[C@H]3C(CO)OC(O[C@H]4C(CO)OC(C)[C@H](N)C4O)[C@H](N)C3O)[C@H](N)C2O)[C@H](N)C1O. The summed E-state index contributed by atoms with van der Waals surface area (Å²) in [6.07, 6.45) is -20.2. The summed E-state index contributed by atoms with van der Waals surface area (Å²) < 4.78 is 45.5. The molecule has 0 saturated carbocycles. The number of aliphatic hydroxyl groups is 8. The van der Waals surface area contributed by atoms with Gasteiger partial charge in [0.05, 0.1) is 56.7 Å². The second kappa shape index (κ2) is 16.3. The molecule has 4 heterocycles. The molecule has 4 saturated heterocycles. The monoisotopic (exact) mass is 674 g/mol. The summed E-state index contributed by atoms with van der Waals surface area (Å²) >= 11 is 0. The summed E-state index contributed by atoms with van der Waals surface area (Å²) in [5.41, 5.74) is 24.5. The van der Waals surface area contributed by atoms with Crippen LogP contribution in [0.5, 0.6) is 0 Å². The maximum absolute atomic E-state index is 11.1. The highest BCUT2D eigenvalue weighted by Crippen LogP contribution is 2.33. The van der Waals surface area contributed by atoms with E-state index in [2.05, 4.69) is 0 Å². The van der Waals surface area contributed by atoms with Gasteiger partial charge in [-0.1, -0.05) is 0 Å². The Morgan fingerprint density at radius 2 is 0.761 bits per heavy atom. The molecule has 0 radical (unpaired) electrons. The molecule has 4 rings (SSSR count). The Bertz CT molecular complexity index is 940. The van der Waals surface area contributed by atoms with E-state index in [9.17, 15) is 40.9 Å². The molecule has 0 bridgehead atoms. The van der Waals surface area contributed by atoms with E-state index < -0.39 is 149 Å². The van der Waals surface area contributed by atoms with Crippen molar-refractivity contribution in [2.24, 2.45) is 22.9 Å². The third-order valence-electron chi connectivity index (χ3n) is 9.06. The quantitative estimate of drug-likeness (QED) is 0.0967. The van der Waals surface area contributed by atoms with E-state index in [4.69, 9.17) is 60.8 Å². The Kier molecular flexibility index (Phi) is 13.4. The van der Waals surface area contributed by atoms with E-state index >= 15 is 0 Å². The fraction of sp³-hybridized carbons (Fsp3) is 1.00. The summed E-state index contributed by atoms with van der Waals surface area (Å²) in [7, 11) is 1.31. The molecule has 0 spiro atoms. The number of hydrogen-bond donors (Lipinski definition) is 12. The molecular formula is C26H50N4O16. The van der Waals surface area contributed by atoms with Crippen LogP contribution in [-0.4, -0.2) is 197 Å². The minimum absolute atomic E-state index is 0.524. The molecule has 46 heavy (non-hydrogen) atoms. The summed E-state index contributed by atoms with van der Waals surface area (Å²) in [4.78, 5) is 0. The second-order valence-electron chi connectivity index (χ2n) is 12.0. The molecule has 0 amide bonds. The molecule has 4 aliphatic rings. The van der Waals surface area contributed by atoms with E-state index in [-0.39, 0.29) is 0 Å². The van der Waals surface area contributed by atoms with Gasteiger partial charge in [0, 0.05) is 7.11 Å². The van der Waals surface area contributed by atoms with Gasteiger partial charge in [-0.15, -0.1) is 0 Å². The van der Waals surface area contributed by atoms with E-state index in [1.54, 1.807) is 6.92 Å². The maximum atomic E-state index is 11.1. The maximum Gasteiger partial charge on any atom is 0.176 e. The van der Waals surface area contributed by atoms with E-state index in [1.807, 2.05) is 0 Å². The lowest BCUT2D eigenvalue weighted by molar-refractivity contribution is -0.356. The molecule has 12 unspecified atom stereocenters. The Hall–Kier alpha value is -0.800. The topological polar surface area (TPSA) is 340 Å². The Balaban J connectivity index is 1.43. The van der Waals surface area contributed by atoms with Crippen LogP contribution >= 0.6 is 0 Å². The molecule has 0 aliphatic carbocycles. The first-order chi connectivity index (χ1) is 21.8. The van der Waals surface area contributed by atoms with Gasteiger partial charge in [-0.2, -0.15) is 0 Å². The third-order valence-corrected chi connectivity index (χ3v) is 9.06. The molecule has 0 aromatic rings. The van der Waals surface area contributed by atoms with Crippen molar-refractivity contribution in [1.29, 1.82) is 0 Å². The number of nitrogens with two attached hydrogens (primary N) is 4. The van der Waals surface area contributed by atoms with Gasteiger partial charge in [-0.3, -0.25) is 0 Å². The predicted octanol–water partition coefficient (Wildman–Crippen LogP) is -8.16. The Labute approximate surface area is 264 Å². The highest BCUT2D eigenvalue weighted by atomic mass is 16.8. The van der Waals surface area contributed by atoms with Crippen molar-refractivity contribution < 1.29 is 78.7 Å². The molecule has 20 heteroatoms. The molecule has 20 atom stereocenters. The third kappa shape index (κ3) is 7.51. The van der Waals surface area contributed by atoms with Gasteiger partial charge in [0.1, 0.15) is 73.2 Å². The fourth-order valence-electron chi connectivity index (χ4n) is 6.20. The summed E-state index contributed by atoms with van der Waals surface area (Å²) in [5, 5.41) is 83.1. The number of hydrogen-bond acceptors (Lipinski definition) is 20. The molecule has 270 valence electrons. The standard InChI is InChI=1S/C26H50N4O16/c1-7-12(27)16(35)21(9(4-32)40-7)44-25-14(29)18(37)23(11(6-34)42-25)46-26-15(30)19(38)22(10(5-33)43-26)45-24-13(28)17(36)20(39-2)8(3-31)41-24/h7-26,31-38H,3-6,27-30H2,1-2H3/t7?,8?,9?,10?,11?,12-,13+,14+,15+,16?,17?,18?,19?,20-,21-,22-,23-,24?,25?,26?/m0/s1. The molecule has 16 N–H and O–H groups in total. The molecule has 0 aromatic heterocycles. The minimum atomic E-state index is -1.59. The van der Waals surface area contributed by atoms with Crippen molar-refractivity contribution in [2.75, 3.05) is 33.5 Å². The van der Waals surface area contributed by atoms with E-state index in [0.717, 1.165) is 0 Å². The normalized spacial score (nSPS) is 52.0. The van der Waals surface area contributed by atoms with Crippen LogP contribution in [0, 0.1) is 0 Å². The summed E-state index contributed by atoms with van der Waals surface area (Å²) in [5.74, 6) is 0. The first-order valence-corrected chi connectivity index (χ1v) is 15.1. The van der Waals surface area contributed by atoms with Gasteiger partial charge < -0.3 is 102 Å². The van der Waals surface area contributed by atoms with Gasteiger partial charge in [0.15, 0.2) is 18.9 Å². The van der Waals surface area contributed by atoms with Crippen LogP contribution in [0.3, 0.4) is 0 Å². The van der Waals surface area contributed by atoms with Crippen molar-refractivity contribution in [2.45, 2.75) is 129 Å². The van der Waals surface area contributed by atoms with E-state index in [1.165, 1.54) is 7.11 Å². The number of ether oxygens (including phenoxy) is 8. The predicted molar refractivity (Wildman–Crippen MR) is 150 cm³/mol. The van der Waals surface area contributed by atoms with Crippen LogP contribution in [0.2, 0.25) is 0 Å². The van der Waals surface area contributed by atoms with Crippen LogP contribution in [0.15, 0.2) is 0 Å². The summed E-state index contributed by atoms with van der Waals surface area (Å²) in [6, 6.07) is -4.77. The Morgan fingerprint density at radius 1 is 0.478 bits per heavy atom. The molecule has 4 aliphatic heterocycles. The van der Waals surface area contributed by atoms with Crippen molar-refractivity contribution >= 4 is 0 Å². The van der Waals surface area contributed by atoms with Crippen LogP contribution in [0.25, 0.3) is 0 Å². The van der Waals surface area contributed by atoms with Gasteiger partial charge in [0.2, 0.25) is 0 Å². The van der Waals surface area contributed by atoms with Gasteiger partial charge in [-0.25, -0.2) is 0 Å². The number of rotatable bonds is 11. The van der Waals surface area contributed by atoms with Crippen molar-refractivity contribution in [3.63, 3.8) is 0 Å². The highest BCUT2D eigenvalue weighted by molar-refractivity contribution is 5.00. The Morgan fingerprint density at radius 3 is 1.09 bits per heavy atom. The van der Waals surface area contributed by atoms with Crippen LogP contribution in [-0.2, 0) is 37.9 Å². The smallest absolute Gasteiger partial charge is 0.176 e. The van der Waals surface area contributed by atoms with E-state index in [0.29, 0.717) is 0 Å². The molecular weight excluding hydrogens is 624 g/mol. The average molecular weight is 675 g/mol. The average Bonchev–Trinajstić information content (AvgIpc) is 3.05. The highest BCUT2D eigenvalue weighted by Gasteiger charge is 2.54. The van der Waals surface area contributed by atoms with Gasteiger partial charge in [0.25, 0.3) is 0 Å². The van der Waals surface area contributed by atoms with Gasteiger partial charge >= 0.3 is 0 Å². The molecule has 4 fully saturated rings. The largest absolute Gasteiger partial charge is 0.394 e. The van der Waals surface area contributed by atoms with Crippen molar-refractivity contribution in [1.82, 2.24) is 0 Å². The molecule has 0 aromatic carbocycles. The van der Waals surface area contributed by atoms with Crippen LogP contribution in [0.4, 0.5) is 0 Å². The lowest BCUT2D eigenvalue weighted by Crippen LogP contribution is -2.70. The second-order valence-corrected chi connectivity index (χ2v) is 12.0. The zero-order valence-corrected chi connectivity index (χ0v) is 25.5. The molecule has 20 nitrogen and oxygen atoms in total. The van der Waals surface area contributed by atoms with Crippen LogP contribution in [0.1, 0.15) is 6.92 Å². The van der Waals surface area contributed by atoms with Crippen molar-refractivity contribution in [3.8, 4) is 0 Å². The van der Waals surface area contributed by atoms with Crippen molar-refractivity contribution in [3.05, 3.63) is 0 Å². The van der Waals surface area contributed by atoms with Crippen LogP contribution < -0.4 is 22.9 Å². The lowest BCUT2D eigenvalue weighted by Gasteiger charge is -2.49. The number of methoxy groups -OCH3 is 1. The minimum Gasteiger partial charge on any atom is -0.394 e. The number of aliphatic hydroxyl groups excluding tert-OH is 8. The zero-order valence-electron chi connectivity index (χ0n) is 25.5. The zero-order chi connectivity index (χ0) is 34.0. The lowest BCUT2D eigenvalue weighted by atomic mass is 9.93. The summed E-state index contributed by atoms with van der Waals surface area (Å²) in [6.45, 7) is -0.875. The fourth-order valence-corrected chi connectivity index (χ4v) is 6.20.